The fourth-order valence-electron chi connectivity index (χ4n) is 1.45. The van der Waals surface area contributed by atoms with Gasteiger partial charge in [0.05, 0.1) is 23.6 Å². The van der Waals surface area contributed by atoms with Crippen LogP contribution in [0.4, 0.5) is 11.4 Å². The molecule has 4 heteroatoms. The van der Waals surface area contributed by atoms with Gasteiger partial charge in [-0.1, -0.05) is 12.1 Å². The van der Waals surface area contributed by atoms with E-state index < -0.39 is 0 Å². The molecule has 0 saturated carbocycles. The first kappa shape index (κ1) is 10.4. The van der Waals surface area contributed by atoms with Gasteiger partial charge in [0.2, 0.25) is 0 Å². The fraction of sp³-hybridized carbons (Fsp3) is 0.167. The molecule has 3 N–H and O–H groups in total. The lowest BCUT2D eigenvalue weighted by atomic mass is 10.2. The van der Waals surface area contributed by atoms with Crippen LogP contribution in [0.2, 0.25) is 0 Å². The molecule has 0 bridgehead atoms. The molecule has 0 fully saturated rings. The molecule has 1 aromatic carbocycles. The van der Waals surface area contributed by atoms with Gasteiger partial charge in [-0.05, 0) is 25.1 Å². The van der Waals surface area contributed by atoms with Gasteiger partial charge in [0.25, 0.3) is 0 Å². The highest BCUT2D eigenvalue weighted by atomic mass is 14.9. The standard InChI is InChI=1S/C12H14N4/c1-9-14-7-6-10(16-9)8-15-12-5-3-2-4-11(12)13/h2-7,15H,8,13H2,1H3. The van der Waals surface area contributed by atoms with E-state index in [2.05, 4.69) is 15.3 Å². The third kappa shape index (κ3) is 2.48. The van der Waals surface area contributed by atoms with Gasteiger partial charge in [-0.3, -0.25) is 0 Å². The summed E-state index contributed by atoms with van der Waals surface area (Å²) in [5.41, 5.74) is 8.45. The molecule has 82 valence electrons. The van der Waals surface area contributed by atoms with Crippen LogP contribution in [0.25, 0.3) is 0 Å². The van der Waals surface area contributed by atoms with Crippen molar-refractivity contribution in [1.29, 1.82) is 0 Å². The second-order valence-electron chi connectivity index (χ2n) is 3.54. The highest BCUT2D eigenvalue weighted by Crippen LogP contribution is 2.17. The number of nitrogens with zero attached hydrogens (tertiary/aromatic N) is 2. The van der Waals surface area contributed by atoms with Crippen LogP contribution in [0, 0.1) is 6.92 Å². The molecule has 2 rings (SSSR count). The largest absolute Gasteiger partial charge is 0.397 e. The molecule has 16 heavy (non-hydrogen) atoms. The van der Waals surface area contributed by atoms with Crippen molar-refractivity contribution in [2.45, 2.75) is 13.5 Å². The zero-order valence-corrected chi connectivity index (χ0v) is 9.14. The number of nitrogens with one attached hydrogen (secondary N) is 1. The number of benzene rings is 1. The molecule has 0 spiro atoms. The Kier molecular flexibility index (Phi) is 3.00. The third-order valence-corrected chi connectivity index (χ3v) is 2.25. The molecule has 1 aromatic heterocycles. The summed E-state index contributed by atoms with van der Waals surface area (Å²) in [7, 11) is 0. The molecular weight excluding hydrogens is 200 g/mol. The summed E-state index contributed by atoms with van der Waals surface area (Å²) in [5.74, 6) is 0.778. The maximum Gasteiger partial charge on any atom is 0.125 e. The molecule has 0 atom stereocenters. The van der Waals surface area contributed by atoms with Crippen LogP contribution in [0.1, 0.15) is 11.5 Å². The van der Waals surface area contributed by atoms with E-state index in [0.29, 0.717) is 6.54 Å². The predicted octanol–water partition coefficient (Wildman–Crippen LogP) is 1.98. The van der Waals surface area contributed by atoms with Gasteiger partial charge in [0.15, 0.2) is 0 Å². The van der Waals surface area contributed by atoms with E-state index in [1.54, 1.807) is 6.20 Å². The maximum atomic E-state index is 5.82. The Bertz CT molecular complexity index is 482. The molecule has 1 heterocycles. The lowest BCUT2D eigenvalue weighted by Crippen LogP contribution is -2.04. The van der Waals surface area contributed by atoms with Gasteiger partial charge in [-0.15, -0.1) is 0 Å². The molecule has 0 saturated heterocycles. The molecule has 0 aliphatic heterocycles. The lowest BCUT2D eigenvalue weighted by molar-refractivity contribution is 0.956. The minimum atomic E-state index is 0.650. The third-order valence-electron chi connectivity index (χ3n) is 2.25. The van der Waals surface area contributed by atoms with E-state index in [1.807, 2.05) is 37.3 Å². The predicted molar refractivity (Wildman–Crippen MR) is 65.0 cm³/mol. The second kappa shape index (κ2) is 4.61. The van der Waals surface area contributed by atoms with Gasteiger partial charge in [-0.25, -0.2) is 9.97 Å². The fourth-order valence-corrected chi connectivity index (χ4v) is 1.45. The number of aromatic nitrogens is 2. The van der Waals surface area contributed by atoms with E-state index in [-0.39, 0.29) is 0 Å². The number of hydrogen-bond donors (Lipinski definition) is 2. The SMILES string of the molecule is Cc1nccc(CNc2ccccc2N)n1. The van der Waals surface area contributed by atoms with Crippen molar-refractivity contribution in [3.8, 4) is 0 Å². The van der Waals surface area contributed by atoms with Crippen LogP contribution in [-0.4, -0.2) is 9.97 Å². The second-order valence-corrected chi connectivity index (χ2v) is 3.54. The Morgan fingerprint density at radius 2 is 2.06 bits per heavy atom. The van der Waals surface area contributed by atoms with E-state index in [9.17, 15) is 0 Å². The van der Waals surface area contributed by atoms with Gasteiger partial charge in [0.1, 0.15) is 5.82 Å². The minimum absolute atomic E-state index is 0.650. The zero-order valence-electron chi connectivity index (χ0n) is 9.14. The summed E-state index contributed by atoms with van der Waals surface area (Å²) in [5, 5.41) is 3.24. The molecule has 0 aliphatic carbocycles. The van der Waals surface area contributed by atoms with Crippen LogP contribution in [0.15, 0.2) is 36.5 Å². The summed E-state index contributed by atoms with van der Waals surface area (Å²) in [6.07, 6.45) is 1.76. The Balaban J connectivity index is 2.05. The molecule has 2 aromatic rings. The van der Waals surface area contributed by atoms with E-state index in [4.69, 9.17) is 5.73 Å². The zero-order chi connectivity index (χ0) is 11.4. The van der Waals surface area contributed by atoms with Gasteiger partial charge >= 0.3 is 0 Å². The summed E-state index contributed by atoms with van der Waals surface area (Å²) < 4.78 is 0. The van der Waals surface area contributed by atoms with Crippen molar-refractivity contribution in [3.63, 3.8) is 0 Å². The van der Waals surface area contributed by atoms with Crippen molar-refractivity contribution in [3.05, 3.63) is 48.0 Å². The van der Waals surface area contributed by atoms with Crippen molar-refractivity contribution in [2.75, 3.05) is 11.1 Å². The number of anilines is 2. The monoisotopic (exact) mass is 214 g/mol. The average Bonchev–Trinajstić information content (AvgIpc) is 2.28. The van der Waals surface area contributed by atoms with Gasteiger partial charge in [-0.2, -0.15) is 0 Å². The van der Waals surface area contributed by atoms with Gasteiger partial charge < -0.3 is 11.1 Å². The number of para-hydroxylation sites is 2. The van der Waals surface area contributed by atoms with E-state index in [1.165, 1.54) is 0 Å². The normalized spacial score (nSPS) is 10.1. The molecular formula is C12H14N4. The number of nitrogen functional groups attached to an aromatic ring is 1. The van der Waals surface area contributed by atoms with Crippen LogP contribution in [0.5, 0.6) is 0 Å². The Morgan fingerprint density at radius 1 is 1.25 bits per heavy atom. The first-order valence-corrected chi connectivity index (χ1v) is 5.12. The summed E-state index contributed by atoms with van der Waals surface area (Å²) in [4.78, 5) is 8.35. The van der Waals surface area contributed by atoms with Crippen molar-refractivity contribution >= 4 is 11.4 Å². The molecule has 4 nitrogen and oxygen atoms in total. The summed E-state index contributed by atoms with van der Waals surface area (Å²) in [6, 6.07) is 9.56. The lowest BCUT2D eigenvalue weighted by Gasteiger charge is -2.08. The van der Waals surface area contributed by atoms with Crippen LogP contribution >= 0.6 is 0 Å². The topological polar surface area (TPSA) is 63.8 Å². The number of aryl methyl sites for hydroxylation is 1. The molecule has 0 radical (unpaired) electrons. The molecule has 0 amide bonds. The minimum Gasteiger partial charge on any atom is -0.397 e. The Morgan fingerprint density at radius 3 is 2.81 bits per heavy atom. The summed E-state index contributed by atoms with van der Waals surface area (Å²) in [6.45, 7) is 2.53. The number of hydrogen-bond acceptors (Lipinski definition) is 4. The maximum absolute atomic E-state index is 5.82. The van der Waals surface area contributed by atoms with Crippen molar-refractivity contribution in [1.82, 2.24) is 9.97 Å². The van der Waals surface area contributed by atoms with Gasteiger partial charge in [0, 0.05) is 6.20 Å². The van der Waals surface area contributed by atoms with Crippen LogP contribution in [0.3, 0.4) is 0 Å². The first-order chi connectivity index (χ1) is 7.75. The quantitative estimate of drug-likeness (QED) is 0.767. The first-order valence-electron chi connectivity index (χ1n) is 5.12. The van der Waals surface area contributed by atoms with Crippen molar-refractivity contribution in [2.24, 2.45) is 0 Å². The summed E-state index contributed by atoms with van der Waals surface area (Å²) >= 11 is 0. The van der Waals surface area contributed by atoms with E-state index in [0.717, 1.165) is 22.9 Å². The highest BCUT2D eigenvalue weighted by molar-refractivity contribution is 5.65. The Hall–Kier alpha value is -2.10. The molecule has 0 unspecified atom stereocenters. The molecule has 0 aliphatic rings. The van der Waals surface area contributed by atoms with E-state index >= 15 is 0 Å². The Labute approximate surface area is 94.5 Å². The smallest absolute Gasteiger partial charge is 0.125 e. The number of rotatable bonds is 3. The average molecular weight is 214 g/mol. The van der Waals surface area contributed by atoms with Crippen LogP contribution in [-0.2, 0) is 6.54 Å². The van der Waals surface area contributed by atoms with Crippen LogP contribution < -0.4 is 11.1 Å². The van der Waals surface area contributed by atoms with Crippen molar-refractivity contribution < 1.29 is 0 Å². The highest BCUT2D eigenvalue weighted by Gasteiger charge is 1.98. The number of nitrogens with two attached hydrogens (primary N) is 1.